The summed E-state index contributed by atoms with van der Waals surface area (Å²) in [5, 5.41) is 21.7. The second-order valence-electron chi connectivity index (χ2n) is 7.36. The number of rotatable bonds is 2. The highest BCUT2D eigenvalue weighted by Crippen LogP contribution is 2.33. The van der Waals surface area contributed by atoms with Crippen molar-refractivity contribution in [3.8, 4) is 32.6 Å². The molecule has 34 heavy (non-hydrogen) atoms. The Morgan fingerprint density at radius 2 is 0.912 bits per heavy atom. The summed E-state index contributed by atoms with van der Waals surface area (Å²) in [6.45, 7) is 0. The Kier molecular flexibility index (Phi) is 6.39. The number of aromatic nitrogens is 2. The molecule has 0 aliphatic carbocycles. The lowest BCUT2D eigenvalue weighted by molar-refractivity contribution is 0.475. The van der Waals surface area contributed by atoms with Crippen LogP contribution in [-0.4, -0.2) is 20.2 Å². The van der Waals surface area contributed by atoms with Gasteiger partial charge in [0.1, 0.15) is 21.5 Å². The molecule has 0 aliphatic rings. The fourth-order valence-electron chi connectivity index (χ4n) is 3.26. The van der Waals surface area contributed by atoms with Crippen molar-refractivity contribution in [2.24, 2.45) is 0 Å². The number of phenols is 2. The van der Waals surface area contributed by atoms with Crippen molar-refractivity contribution in [3.63, 3.8) is 0 Å². The molecule has 2 aromatic heterocycles. The summed E-state index contributed by atoms with van der Waals surface area (Å²) in [6, 6.07) is 25.5. The SMILES string of the molecule is Oc1ccc(-c2nc3cc(Cl)ccc3s2)cc1.Oc1ccc(-c2nc3cc(Cl)ccc3s2)cc1. The highest BCUT2D eigenvalue weighted by Gasteiger charge is 2.07. The third-order valence-electron chi connectivity index (χ3n) is 4.93. The average molecular weight is 523 g/mol. The van der Waals surface area contributed by atoms with Gasteiger partial charge in [0.15, 0.2) is 0 Å². The van der Waals surface area contributed by atoms with Gasteiger partial charge in [0.25, 0.3) is 0 Å². The number of benzene rings is 4. The van der Waals surface area contributed by atoms with E-state index in [2.05, 4.69) is 9.97 Å². The molecule has 4 nitrogen and oxygen atoms in total. The zero-order chi connectivity index (χ0) is 23.7. The van der Waals surface area contributed by atoms with Gasteiger partial charge in [0, 0.05) is 21.2 Å². The van der Waals surface area contributed by atoms with Crippen LogP contribution in [0.2, 0.25) is 10.0 Å². The second kappa shape index (κ2) is 9.60. The van der Waals surface area contributed by atoms with Gasteiger partial charge in [-0.05, 0) is 84.9 Å². The van der Waals surface area contributed by atoms with Crippen LogP contribution in [0, 0.1) is 0 Å². The topological polar surface area (TPSA) is 66.2 Å². The maximum Gasteiger partial charge on any atom is 0.124 e. The highest BCUT2D eigenvalue weighted by atomic mass is 35.5. The van der Waals surface area contributed by atoms with E-state index >= 15 is 0 Å². The molecule has 2 N–H and O–H groups in total. The first kappa shape index (κ1) is 22.6. The third-order valence-corrected chi connectivity index (χ3v) is 7.57. The Morgan fingerprint density at radius 3 is 1.29 bits per heavy atom. The minimum absolute atomic E-state index is 0.262. The Morgan fingerprint density at radius 1 is 0.529 bits per heavy atom. The number of fused-ring (bicyclic) bond motifs is 2. The normalized spacial score (nSPS) is 10.9. The lowest BCUT2D eigenvalue weighted by Crippen LogP contribution is -1.74. The maximum atomic E-state index is 9.25. The summed E-state index contributed by atoms with van der Waals surface area (Å²) in [5.41, 5.74) is 3.82. The van der Waals surface area contributed by atoms with Gasteiger partial charge in [-0.3, -0.25) is 0 Å². The monoisotopic (exact) mass is 522 g/mol. The smallest absolute Gasteiger partial charge is 0.124 e. The van der Waals surface area contributed by atoms with Gasteiger partial charge in [0.05, 0.1) is 20.4 Å². The minimum Gasteiger partial charge on any atom is -0.508 e. The van der Waals surface area contributed by atoms with E-state index in [1.807, 2.05) is 60.7 Å². The molecule has 0 atom stereocenters. The van der Waals surface area contributed by atoms with Crippen LogP contribution < -0.4 is 0 Å². The molecule has 0 unspecified atom stereocenters. The second-order valence-corrected chi connectivity index (χ2v) is 10.3. The van der Waals surface area contributed by atoms with E-state index in [-0.39, 0.29) is 11.5 Å². The lowest BCUT2D eigenvalue weighted by atomic mass is 10.2. The summed E-state index contributed by atoms with van der Waals surface area (Å²) in [7, 11) is 0. The Bertz CT molecular complexity index is 1470. The van der Waals surface area contributed by atoms with Crippen LogP contribution in [0.5, 0.6) is 11.5 Å². The van der Waals surface area contributed by atoms with E-state index in [0.29, 0.717) is 10.0 Å². The molecule has 0 saturated heterocycles. The van der Waals surface area contributed by atoms with Gasteiger partial charge >= 0.3 is 0 Å². The van der Waals surface area contributed by atoms with Crippen LogP contribution in [0.25, 0.3) is 41.6 Å². The molecule has 8 heteroatoms. The molecular formula is C26H16Cl2N2O2S2. The summed E-state index contributed by atoms with van der Waals surface area (Å²) in [6.07, 6.45) is 0. The number of halogens is 2. The van der Waals surface area contributed by atoms with E-state index in [1.165, 1.54) is 0 Å². The van der Waals surface area contributed by atoms with E-state index < -0.39 is 0 Å². The summed E-state index contributed by atoms with van der Waals surface area (Å²) < 4.78 is 2.22. The summed E-state index contributed by atoms with van der Waals surface area (Å²) in [4.78, 5) is 9.05. The quantitative estimate of drug-likeness (QED) is 0.238. The zero-order valence-corrected chi connectivity index (χ0v) is 20.6. The van der Waals surface area contributed by atoms with Crippen molar-refractivity contribution >= 4 is 66.3 Å². The first-order chi connectivity index (χ1) is 16.4. The minimum atomic E-state index is 0.262. The predicted molar refractivity (Wildman–Crippen MR) is 143 cm³/mol. The van der Waals surface area contributed by atoms with Gasteiger partial charge in [-0.1, -0.05) is 23.2 Å². The van der Waals surface area contributed by atoms with Crippen LogP contribution in [0.15, 0.2) is 84.9 Å². The Balaban J connectivity index is 0.000000142. The zero-order valence-electron chi connectivity index (χ0n) is 17.4. The van der Waals surface area contributed by atoms with Gasteiger partial charge in [-0.2, -0.15) is 0 Å². The highest BCUT2D eigenvalue weighted by molar-refractivity contribution is 7.22. The number of aromatic hydroxyl groups is 2. The van der Waals surface area contributed by atoms with Crippen LogP contribution in [-0.2, 0) is 0 Å². The number of phenolic OH excluding ortho intramolecular Hbond substituents is 2. The molecular weight excluding hydrogens is 507 g/mol. The van der Waals surface area contributed by atoms with Crippen molar-refractivity contribution in [1.29, 1.82) is 0 Å². The molecule has 0 radical (unpaired) electrons. The molecule has 0 fully saturated rings. The van der Waals surface area contributed by atoms with Crippen molar-refractivity contribution < 1.29 is 10.2 Å². The van der Waals surface area contributed by atoms with Gasteiger partial charge in [-0.15, -0.1) is 22.7 Å². The fourth-order valence-corrected chi connectivity index (χ4v) is 5.49. The summed E-state index contributed by atoms with van der Waals surface area (Å²) in [5.74, 6) is 0.524. The first-order valence-corrected chi connectivity index (χ1v) is 12.5. The van der Waals surface area contributed by atoms with Crippen molar-refractivity contribution in [2.45, 2.75) is 0 Å². The van der Waals surface area contributed by atoms with E-state index in [1.54, 1.807) is 46.9 Å². The van der Waals surface area contributed by atoms with E-state index in [4.69, 9.17) is 23.2 Å². The predicted octanol–water partition coefficient (Wildman–Crippen LogP) is 8.64. The van der Waals surface area contributed by atoms with Gasteiger partial charge in [0.2, 0.25) is 0 Å². The third kappa shape index (κ3) is 5.00. The molecule has 6 rings (SSSR count). The summed E-state index contributed by atoms with van der Waals surface area (Å²) >= 11 is 15.1. The average Bonchev–Trinajstić information content (AvgIpc) is 3.44. The van der Waals surface area contributed by atoms with Gasteiger partial charge in [-0.25, -0.2) is 9.97 Å². The van der Waals surface area contributed by atoms with Crippen LogP contribution in [0.1, 0.15) is 0 Å². The number of hydrogen-bond acceptors (Lipinski definition) is 6. The molecule has 0 aliphatic heterocycles. The molecule has 0 saturated carbocycles. The largest absolute Gasteiger partial charge is 0.508 e. The fraction of sp³-hybridized carbons (Fsp3) is 0. The van der Waals surface area contributed by atoms with Crippen LogP contribution in [0.4, 0.5) is 0 Å². The van der Waals surface area contributed by atoms with Crippen molar-refractivity contribution in [2.75, 3.05) is 0 Å². The molecule has 2 heterocycles. The number of hydrogen-bond donors (Lipinski definition) is 2. The van der Waals surface area contributed by atoms with Crippen molar-refractivity contribution in [3.05, 3.63) is 95.0 Å². The molecule has 4 aromatic carbocycles. The Hall–Kier alpha value is -3.16. The molecule has 0 amide bonds. The van der Waals surface area contributed by atoms with Crippen LogP contribution >= 0.6 is 45.9 Å². The molecule has 6 aromatic rings. The van der Waals surface area contributed by atoms with Crippen molar-refractivity contribution in [1.82, 2.24) is 9.97 Å². The van der Waals surface area contributed by atoms with Crippen LogP contribution in [0.3, 0.4) is 0 Å². The number of nitrogens with zero attached hydrogens (tertiary/aromatic N) is 2. The van der Waals surface area contributed by atoms with E-state index in [0.717, 1.165) is 41.6 Å². The standard InChI is InChI=1S/2C13H8ClNOS/c2*14-9-3-6-12-11(7-9)15-13(17-12)8-1-4-10(16)5-2-8/h2*1-7,16H. The van der Waals surface area contributed by atoms with E-state index in [9.17, 15) is 10.2 Å². The van der Waals surface area contributed by atoms with Gasteiger partial charge < -0.3 is 10.2 Å². The molecule has 0 bridgehead atoms. The Labute approximate surface area is 213 Å². The number of thiazole rings is 2. The first-order valence-electron chi connectivity index (χ1n) is 10.2. The lowest BCUT2D eigenvalue weighted by Gasteiger charge is -1.95. The molecule has 168 valence electrons. The molecule has 0 spiro atoms. The maximum absolute atomic E-state index is 9.25.